The number of hydrogen-bond donors (Lipinski definition) is 4. The van der Waals surface area contributed by atoms with Gasteiger partial charge in [-0.05, 0) is 32.1 Å². The molecular weight excluding hydrogens is 406 g/mol. The topological polar surface area (TPSA) is 90.2 Å². The second kappa shape index (κ2) is 17.2. The molecule has 0 aromatic rings. The molecule has 0 radical (unpaired) electrons. The summed E-state index contributed by atoms with van der Waals surface area (Å²) in [7, 11) is 4.57. The van der Waals surface area contributed by atoms with Crippen molar-refractivity contribution in [3.63, 3.8) is 0 Å². The van der Waals surface area contributed by atoms with Crippen LogP contribution in [0.2, 0.25) is 0 Å². The van der Waals surface area contributed by atoms with Crippen LogP contribution in [-0.4, -0.2) is 89.2 Å². The molecule has 0 unspecified atom stereocenters. The van der Waals surface area contributed by atoms with Gasteiger partial charge in [0.25, 0.3) is 0 Å². The Morgan fingerprint density at radius 1 is 0.594 bits per heavy atom. The Bertz CT molecular complexity index is 446. The van der Waals surface area contributed by atoms with Gasteiger partial charge in [-0.1, -0.05) is 71.1 Å². The maximum absolute atomic E-state index is 10.1. The minimum absolute atomic E-state index is 0.357. The number of ether oxygens (including phenoxy) is 1. The quantitative estimate of drug-likeness (QED) is 0.174. The van der Waals surface area contributed by atoms with E-state index in [9.17, 15) is 20.4 Å². The lowest BCUT2D eigenvalue weighted by atomic mass is 9.92. The number of hydrogen-bond acceptors (Lipinski definition) is 5. The van der Waals surface area contributed by atoms with E-state index in [4.69, 9.17) is 4.74 Å². The molecule has 4 N–H and O–H groups in total. The van der Waals surface area contributed by atoms with Crippen LogP contribution in [0.15, 0.2) is 0 Å². The Labute approximate surface area is 197 Å². The molecule has 1 aliphatic heterocycles. The van der Waals surface area contributed by atoms with Gasteiger partial charge in [0.15, 0.2) is 0 Å². The number of unbranched alkanes of at least 4 members (excludes halogenated alkanes) is 12. The van der Waals surface area contributed by atoms with Gasteiger partial charge in [0.1, 0.15) is 24.4 Å². The van der Waals surface area contributed by atoms with E-state index < -0.39 is 30.5 Å². The van der Waals surface area contributed by atoms with Gasteiger partial charge in [0.2, 0.25) is 0 Å². The molecule has 0 amide bonds. The first-order valence-corrected chi connectivity index (χ1v) is 13.4. The van der Waals surface area contributed by atoms with Crippen LogP contribution < -0.4 is 0 Å². The summed E-state index contributed by atoms with van der Waals surface area (Å²) in [5.74, 6) is 0. The first-order chi connectivity index (χ1) is 15.3. The van der Waals surface area contributed by atoms with Gasteiger partial charge in [-0.2, -0.15) is 0 Å². The molecule has 0 spiro atoms. The Balaban J connectivity index is 2.03. The van der Waals surface area contributed by atoms with Crippen molar-refractivity contribution in [2.24, 2.45) is 0 Å². The smallest absolute Gasteiger partial charge is 0.111 e. The molecule has 1 saturated heterocycles. The van der Waals surface area contributed by atoms with Crippen LogP contribution >= 0.6 is 0 Å². The lowest BCUT2D eigenvalue weighted by Crippen LogP contribution is -2.58. The van der Waals surface area contributed by atoms with Crippen LogP contribution in [0.4, 0.5) is 0 Å². The van der Waals surface area contributed by atoms with Crippen molar-refractivity contribution in [1.29, 1.82) is 0 Å². The number of nitrogens with zero attached hydrogens (tertiary/aromatic N) is 1. The summed E-state index contributed by atoms with van der Waals surface area (Å²) in [6.07, 6.45) is 14.1. The van der Waals surface area contributed by atoms with Crippen LogP contribution in [0.25, 0.3) is 0 Å². The summed E-state index contributed by atoms with van der Waals surface area (Å²) in [6.45, 7) is 4.19. The zero-order chi connectivity index (χ0) is 23.8. The fourth-order valence-electron chi connectivity index (χ4n) is 4.80. The fraction of sp³-hybridized carbons (Fsp3) is 1.00. The lowest BCUT2D eigenvalue weighted by molar-refractivity contribution is -0.890. The Kier molecular flexibility index (Phi) is 16.0. The van der Waals surface area contributed by atoms with E-state index in [0.717, 1.165) is 23.9 Å². The molecule has 5 atom stereocenters. The molecule has 6 heteroatoms. The molecule has 0 aliphatic carbocycles. The SMILES string of the molecule is CCCCCCCCCCCCCC[N+](C)(C)CCCC[C@@H]1O[C@H](CO)[C@@H](O)[C@H](O)[C@H]1O. The molecule has 0 saturated carbocycles. The largest absolute Gasteiger partial charge is 0.394 e. The summed E-state index contributed by atoms with van der Waals surface area (Å²) in [5, 5.41) is 39.2. The molecule has 32 heavy (non-hydrogen) atoms. The van der Waals surface area contributed by atoms with E-state index in [2.05, 4.69) is 21.0 Å². The Hall–Kier alpha value is -0.240. The Morgan fingerprint density at radius 2 is 1.03 bits per heavy atom. The molecule has 1 rings (SSSR count). The average Bonchev–Trinajstić information content (AvgIpc) is 2.77. The maximum atomic E-state index is 10.1. The summed E-state index contributed by atoms with van der Waals surface area (Å²) >= 11 is 0. The summed E-state index contributed by atoms with van der Waals surface area (Å²) in [5.41, 5.74) is 0. The lowest BCUT2D eigenvalue weighted by Gasteiger charge is -2.40. The van der Waals surface area contributed by atoms with E-state index >= 15 is 0 Å². The van der Waals surface area contributed by atoms with Crippen molar-refractivity contribution < 1.29 is 29.6 Å². The van der Waals surface area contributed by atoms with Gasteiger partial charge in [-0.25, -0.2) is 0 Å². The molecular formula is C26H54NO5+. The predicted octanol–water partition coefficient (Wildman–Crippen LogP) is 3.78. The second-order valence-electron chi connectivity index (χ2n) is 10.6. The average molecular weight is 461 g/mol. The molecule has 1 fully saturated rings. The first kappa shape index (κ1) is 29.8. The van der Waals surface area contributed by atoms with Crippen molar-refractivity contribution in [2.45, 2.75) is 134 Å². The van der Waals surface area contributed by atoms with Gasteiger partial charge >= 0.3 is 0 Å². The van der Waals surface area contributed by atoms with Gasteiger partial charge in [-0.15, -0.1) is 0 Å². The first-order valence-electron chi connectivity index (χ1n) is 13.4. The normalized spacial score (nSPS) is 26.5. The van der Waals surface area contributed by atoms with Crippen molar-refractivity contribution in [3.05, 3.63) is 0 Å². The third kappa shape index (κ3) is 12.3. The van der Waals surface area contributed by atoms with Crippen LogP contribution in [0, 0.1) is 0 Å². The van der Waals surface area contributed by atoms with Gasteiger partial charge in [0.05, 0.1) is 39.9 Å². The highest BCUT2D eigenvalue weighted by molar-refractivity contribution is 4.91. The van der Waals surface area contributed by atoms with E-state index in [1.807, 2.05) is 0 Å². The Morgan fingerprint density at radius 3 is 1.53 bits per heavy atom. The highest BCUT2D eigenvalue weighted by Gasteiger charge is 2.42. The van der Waals surface area contributed by atoms with Crippen LogP contribution in [0.1, 0.15) is 103 Å². The molecule has 1 heterocycles. The van der Waals surface area contributed by atoms with Crippen molar-refractivity contribution in [2.75, 3.05) is 33.8 Å². The van der Waals surface area contributed by atoms with Crippen LogP contribution in [0.5, 0.6) is 0 Å². The standard InChI is InChI=1S/C26H54NO5/c1-4-5-6-7-8-9-10-11-12-13-14-16-19-27(2,3)20-17-15-18-22-24(29)26(31)25(30)23(21-28)32-22/h22-26,28-31H,4-21H2,1-3H3/q+1/t22-,23+,24-,25+,26+/m0/s1. The number of aliphatic hydroxyl groups is 4. The van der Waals surface area contributed by atoms with Gasteiger partial charge in [0, 0.05) is 0 Å². The van der Waals surface area contributed by atoms with Crippen LogP contribution in [-0.2, 0) is 4.74 Å². The third-order valence-corrected chi connectivity index (χ3v) is 7.11. The van der Waals surface area contributed by atoms with Crippen molar-refractivity contribution in [1.82, 2.24) is 0 Å². The summed E-state index contributed by atoms with van der Waals surface area (Å²) < 4.78 is 6.60. The molecule has 1 aliphatic rings. The third-order valence-electron chi connectivity index (χ3n) is 7.11. The maximum Gasteiger partial charge on any atom is 0.111 e. The monoisotopic (exact) mass is 460 g/mol. The molecule has 0 bridgehead atoms. The highest BCUT2D eigenvalue weighted by Crippen LogP contribution is 2.24. The predicted molar refractivity (Wildman–Crippen MR) is 131 cm³/mol. The van der Waals surface area contributed by atoms with E-state index in [-0.39, 0.29) is 6.61 Å². The summed E-state index contributed by atoms with van der Waals surface area (Å²) in [4.78, 5) is 0. The number of aliphatic hydroxyl groups excluding tert-OH is 4. The van der Waals surface area contributed by atoms with Gasteiger partial charge < -0.3 is 29.6 Å². The number of quaternary nitrogens is 1. The molecule has 0 aromatic carbocycles. The fourth-order valence-corrected chi connectivity index (χ4v) is 4.80. The zero-order valence-electron chi connectivity index (χ0n) is 21.3. The van der Waals surface area contributed by atoms with Crippen molar-refractivity contribution in [3.8, 4) is 0 Å². The molecule has 6 nitrogen and oxygen atoms in total. The summed E-state index contributed by atoms with van der Waals surface area (Å²) in [6, 6.07) is 0. The van der Waals surface area contributed by atoms with Crippen molar-refractivity contribution >= 4 is 0 Å². The minimum Gasteiger partial charge on any atom is -0.394 e. The zero-order valence-corrected chi connectivity index (χ0v) is 21.3. The van der Waals surface area contributed by atoms with Gasteiger partial charge in [-0.3, -0.25) is 0 Å². The van der Waals surface area contributed by atoms with E-state index in [1.165, 1.54) is 83.6 Å². The van der Waals surface area contributed by atoms with Crippen LogP contribution in [0.3, 0.4) is 0 Å². The van der Waals surface area contributed by atoms with E-state index in [1.54, 1.807) is 0 Å². The van der Waals surface area contributed by atoms with E-state index in [0.29, 0.717) is 6.42 Å². The minimum atomic E-state index is -1.26. The molecule has 0 aromatic heterocycles. The highest BCUT2D eigenvalue weighted by atomic mass is 16.5. The molecule has 192 valence electrons. The number of rotatable bonds is 19. The second-order valence-corrected chi connectivity index (χ2v) is 10.6.